The summed E-state index contributed by atoms with van der Waals surface area (Å²) in [5.74, 6) is -1.27. The maximum atomic E-state index is 11.6. The molecule has 0 saturated carbocycles. The molecule has 6 nitrogen and oxygen atoms in total. The first-order valence-electron chi connectivity index (χ1n) is 5.81. The lowest BCUT2D eigenvalue weighted by molar-refractivity contribution is 0.0694. The fourth-order valence-electron chi connectivity index (χ4n) is 1.85. The van der Waals surface area contributed by atoms with Crippen LogP contribution in [-0.4, -0.2) is 20.6 Å². The zero-order chi connectivity index (χ0) is 14.7. The van der Waals surface area contributed by atoms with Gasteiger partial charge in [0.05, 0.1) is 6.54 Å². The normalized spacial score (nSPS) is 10.0. The molecule has 0 fully saturated rings. The number of rotatable bonds is 3. The predicted molar refractivity (Wildman–Crippen MR) is 70.5 cm³/mol. The van der Waals surface area contributed by atoms with Crippen molar-refractivity contribution < 1.29 is 9.90 Å². The molecule has 0 aromatic carbocycles. The highest BCUT2D eigenvalue weighted by molar-refractivity contribution is 5.87. The summed E-state index contributed by atoms with van der Waals surface area (Å²) in [5, 5.41) is 18.0. The van der Waals surface area contributed by atoms with Crippen molar-refractivity contribution >= 4 is 5.97 Å². The fraction of sp³-hybridized carbons (Fsp3) is 0.143. The average molecular weight is 269 g/mol. The third-order valence-electron chi connectivity index (χ3n) is 2.91. The number of carbonyl (C=O) groups is 1. The second-order valence-electron chi connectivity index (χ2n) is 4.25. The lowest BCUT2D eigenvalue weighted by Gasteiger charge is -2.12. The Bertz CT molecular complexity index is 772. The molecule has 2 heterocycles. The number of aromatic nitrogens is 2. The largest absolute Gasteiger partial charge is 0.477 e. The van der Waals surface area contributed by atoms with Gasteiger partial charge in [-0.05, 0) is 13.0 Å². The van der Waals surface area contributed by atoms with Crippen LogP contribution in [0.3, 0.4) is 0 Å². The van der Waals surface area contributed by atoms with Crippen LogP contribution in [-0.2, 0) is 6.54 Å². The molecule has 0 radical (unpaired) electrons. The van der Waals surface area contributed by atoms with E-state index in [1.807, 2.05) is 6.07 Å². The van der Waals surface area contributed by atoms with Crippen molar-refractivity contribution in [2.24, 2.45) is 0 Å². The maximum Gasteiger partial charge on any atom is 0.341 e. The Labute approximate surface area is 114 Å². The Morgan fingerprint density at radius 1 is 1.55 bits per heavy atom. The minimum Gasteiger partial charge on any atom is -0.477 e. The van der Waals surface area contributed by atoms with E-state index in [2.05, 4.69) is 4.98 Å². The monoisotopic (exact) mass is 269 g/mol. The van der Waals surface area contributed by atoms with Crippen LogP contribution in [0, 0.1) is 18.3 Å². The van der Waals surface area contributed by atoms with Crippen molar-refractivity contribution in [3.63, 3.8) is 0 Å². The second-order valence-corrected chi connectivity index (χ2v) is 4.25. The molecule has 0 aliphatic rings. The van der Waals surface area contributed by atoms with Crippen LogP contribution in [0.25, 0.3) is 0 Å². The van der Waals surface area contributed by atoms with Crippen molar-refractivity contribution in [2.45, 2.75) is 13.5 Å². The van der Waals surface area contributed by atoms with Crippen molar-refractivity contribution in [1.29, 1.82) is 5.26 Å². The standard InChI is InChI=1S/C14H11N3O3/c1-9-5-13(18)11(14(19)20)8-17(9)7-10-3-2-4-16-12(10)6-15/h2-5,8H,7H2,1H3,(H,19,20). The molecule has 0 unspecified atom stereocenters. The number of hydrogen-bond acceptors (Lipinski definition) is 4. The Morgan fingerprint density at radius 3 is 2.95 bits per heavy atom. The van der Waals surface area contributed by atoms with E-state index >= 15 is 0 Å². The van der Waals surface area contributed by atoms with Crippen LogP contribution in [0.1, 0.15) is 27.3 Å². The number of pyridine rings is 2. The third-order valence-corrected chi connectivity index (χ3v) is 2.91. The number of aryl methyl sites for hydroxylation is 1. The molecule has 0 aliphatic carbocycles. The first kappa shape index (κ1) is 13.5. The zero-order valence-corrected chi connectivity index (χ0v) is 10.7. The van der Waals surface area contributed by atoms with Crippen LogP contribution in [0.5, 0.6) is 0 Å². The van der Waals surface area contributed by atoms with Crippen molar-refractivity contribution in [3.05, 3.63) is 63.3 Å². The molecule has 6 heteroatoms. The summed E-state index contributed by atoms with van der Waals surface area (Å²) in [4.78, 5) is 26.5. The lowest BCUT2D eigenvalue weighted by Crippen LogP contribution is -2.19. The second kappa shape index (κ2) is 5.36. The van der Waals surface area contributed by atoms with Gasteiger partial charge >= 0.3 is 5.97 Å². The van der Waals surface area contributed by atoms with Crippen molar-refractivity contribution in [1.82, 2.24) is 9.55 Å². The van der Waals surface area contributed by atoms with Gasteiger partial charge in [-0.3, -0.25) is 4.79 Å². The zero-order valence-electron chi connectivity index (χ0n) is 10.7. The smallest absolute Gasteiger partial charge is 0.341 e. The van der Waals surface area contributed by atoms with Gasteiger partial charge in [0.2, 0.25) is 0 Å². The van der Waals surface area contributed by atoms with Gasteiger partial charge in [-0.2, -0.15) is 5.26 Å². The molecular formula is C14H11N3O3. The van der Waals surface area contributed by atoms with Gasteiger partial charge < -0.3 is 9.67 Å². The van der Waals surface area contributed by atoms with Crippen molar-refractivity contribution in [2.75, 3.05) is 0 Å². The van der Waals surface area contributed by atoms with Crippen LogP contribution < -0.4 is 5.43 Å². The minimum atomic E-state index is -1.27. The number of nitriles is 1. The number of carboxylic acid groups (broad SMARTS) is 1. The molecule has 0 amide bonds. The van der Waals surface area contributed by atoms with Gasteiger partial charge in [-0.25, -0.2) is 9.78 Å². The van der Waals surface area contributed by atoms with Crippen LogP contribution in [0.4, 0.5) is 0 Å². The molecule has 100 valence electrons. The molecule has 20 heavy (non-hydrogen) atoms. The summed E-state index contributed by atoms with van der Waals surface area (Å²) < 4.78 is 1.61. The SMILES string of the molecule is Cc1cc(=O)c(C(=O)O)cn1Cc1cccnc1C#N. The van der Waals surface area contributed by atoms with Crippen molar-refractivity contribution in [3.8, 4) is 6.07 Å². The van der Waals surface area contributed by atoms with E-state index in [1.165, 1.54) is 18.5 Å². The van der Waals surface area contributed by atoms with Crippen LogP contribution in [0.15, 0.2) is 35.4 Å². The van der Waals surface area contributed by atoms with Crippen LogP contribution in [0.2, 0.25) is 0 Å². The van der Waals surface area contributed by atoms with Gasteiger partial charge in [-0.15, -0.1) is 0 Å². The van der Waals surface area contributed by atoms with Gasteiger partial charge in [0.1, 0.15) is 17.3 Å². The van der Waals surface area contributed by atoms with E-state index in [9.17, 15) is 9.59 Å². The summed E-state index contributed by atoms with van der Waals surface area (Å²) in [6, 6.07) is 6.69. The van der Waals surface area contributed by atoms with E-state index in [4.69, 9.17) is 10.4 Å². The number of hydrogen-bond donors (Lipinski definition) is 1. The number of aromatic carboxylic acids is 1. The summed E-state index contributed by atoms with van der Waals surface area (Å²) >= 11 is 0. The van der Waals surface area contributed by atoms with E-state index in [0.717, 1.165) is 0 Å². The van der Waals surface area contributed by atoms with E-state index in [0.29, 0.717) is 11.3 Å². The number of carboxylic acids is 1. The highest BCUT2D eigenvalue weighted by atomic mass is 16.4. The molecule has 1 N–H and O–H groups in total. The van der Waals surface area contributed by atoms with Gasteiger partial charge in [0.25, 0.3) is 0 Å². The maximum absolute atomic E-state index is 11.6. The van der Waals surface area contributed by atoms with Gasteiger partial charge in [-0.1, -0.05) is 6.07 Å². The fourth-order valence-corrected chi connectivity index (χ4v) is 1.85. The molecule has 2 aromatic rings. The molecule has 0 bridgehead atoms. The molecule has 0 spiro atoms. The molecule has 0 aliphatic heterocycles. The average Bonchev–Trinajstić information content (AvgIpc) is 2.42. The highest BCUT2D eigenvalue weighted by Crippen LogP contribution is 2.09. The molecule has 0 atom stereocenters. The van der Waals surface area contributed by atoms with E-state index in [-0.39, 0.29) is 17.8 Å². The third kappa shape index (κ3) is 2.57. The summed E-state index contributed by atoms with van der Waals surface area (Å²) in [5.41, 5.74) is 0.740. The molecule has 0 saturated heterocycles. The quantitative estimate of drug-likeness (QED) is 0.902. The number of nitrogens with zero attached hydrogens (tertiary/aromatic N) is 3. The Balaban J connectivity index is 2.49. The van der Waals surface area contributed by atoms with E-state index in [1.54, 1.807) is 23.6 Å². The molecular weight excluding hydrogens is 258 g/mol. The van der Waals surface area contributed by atoms with Gasteiger partial charge in [0.15, 0.2) is 5.43 Å². The van der Waals surface area contributed by atoms with E-state index < -0.39 is 11.4 Å². The highest BCUT2D eigenvalue weighted by Gasteiger charge is 2.12. The van der Waals surface area contributed by atoms with Crippen LogP contribution >= 0.6 is 0 Å². The van der Waals surface area contributed by atoms with Gasteiger partial charge in [0, 0.05) is 29.7 Å². The summed E-state index contributed by atoms with van der Waals surface area (Å²) in [6.07, 6.45) is 2.80. The first-order chi connectivity index (χ1) is 9.52. The Kier molecular flexibility index (Phi) is 3.62. The topological polar surface area (TPSA) is 96.0 Å². The molecule has 2 aromatic heterocycles. The Morgan fingerprint density at radius 2 is 2.30 bits per heavy atom. The lowest BCUT2D eigenvalue weighted by atomic mass is 10.1. The summed E-state index contributed by atoms with van der Waals surface area (Å²) in [7, 11) is 0. The molecule has 2 rings (SSSR count). The minimum absolute atomic E-state index is 0.280. The Hall–Kier alpha value is -2.94. The predicted octanol–water partition coefficient (Wildman–Crippen LogP) is 1.17. The first-order valence-corrected chi connectivity index (χ1v) is 5.81. The summed E-state index contributed by atoms with van der Waals surface area (Å²) in [6.45, 7) is 1.98.